The molecule has 0 aromatic rings. The fourth-order valence-corrected chi connectivity index (χ4v) is 4.00. The molecular formula is C16H28O. The summed E-state index contributed by atoms with van der Waals surface area (Å²) in [5.41, 5.74) is 2.33. The fraction of sp³-hybridized carbons (Fsp3) is 0.875. The van der Waals surface area contributed by atoms with Crippen LogP contribution in [-0.4, -0.2) is 11.2 Å². The Labute approximate surface area is 106 Å². The Kier molecular flexibility index (Phi) is 3.42. The maximum Gasteiger partial charge on any atom is 0.0723 e. The van der Waals surface area contributed by atoms with E-state index in [4.69, 9.17) is 0 Å². The summed E-state index contributed by atoms with van der Waals surface area (Å²) in [5, 5.41) is 10.1. The minimum absolute atomic E-state index is 0.211. The van der Waals surface area contributed by atoms with E-state index in [0.717, 1.165) is 18.8 Å². The van der Waals surface area contributed by atoms with Gasteiger partial charge in [-0.25, -0.2) is 0 Å². The lowest BCUT2D eigenvalue weighted by Crippen LogP contribution is -2.28. The van der Waals surface area contributed by atoms with Crippen molar-refractivity contribution in [3.8, 4) is 0 Å². The summed E-state index contributed by atoms with van der Waals surface area (Å²) in [6.07, 6.45) is 9.14. The molecular weight excluding hydrogens is 208 g/mol. The maximum atomic E-state index is 10.1. The molecule has 2 saturated carbocycles. The first-order valence-corrected chi connectivity index (χ1v) is 7.31. The van der Waals surface area contributed by atoms with E-state index in [9.17, 15) is 5.11 Å². The minimum atomic E-state index is -0.211. The highest BCUT2D eigenvalue weighted by atomic mass is 16.3. The first-order valence-electron chi connectivity index (χ1n) is 7.31. The van der Waals surface area contributed by atoms with Gasteiger partial charge in [0.05, 0.1) is 6.10 Å². The van der Waals surface area contributed by atoms with Crippen LogP contribution in [0.5, 0.6) is 0 Å². The number of unbranched alkanes of at least 4 members (excludes halogenated alkanes) is 1. The predicted octanol–water partition coefficient (Wildman–Crippen LogP) is 4.31. The van der Waals surface area contributed by atoms with Gasteiger partial charge in [-0.3, -0.25) is 0 Å². The molecule has 0 aromatic heterocycles. The normalized spacial score (nSPS) is 38.9. The Morgan fingerprint density at radius 2 is 2.12 bits per heavy atom. The van der Waals surface area contributed by atoms with Crippen molar-refractivity contribution in [2.45, 2.75) is 72.3 Å². The van der Waals surface area contributed by atoms with Crippen LogP contribution in [-0.2, 0) is 0 Å². The Morgan fingerprint density at radius 1 is 1.41 bits per heavy atom. The fourth-order valence-electron chi connectivity index (χ4n) is 4.00. The molecule has 0 aromatic carbocycles. The SMILES string of the molecule is CCCC[C@@H](O)/C=C1\C[C@@H]2CC[C@]1(C)C2(C)C. The Bertz CT molecular complexity index is 315. The third kappa shape index (κ3) is 1.97. The van der Waals surface area contributed by atoms with Gasteiger partial charge in [-0.05, 0) is 42.4 Å². The van der Waals surface area contributed by atoms with Crippen molar-refractivity contribution in [1.29, 1.82) is 0 Å². The second-order valence-electron chi connectivity index (χ2n) is 6.89. The van der Waals surface area contributed by atoms with E-state index in [1.807, 2.05) is 0 Å². The smallest absolute Gasteiger partial charge is 0.0723 e. The molecule has 2 aliphatic rings. The summed E-state index contributed by atoms with van der Waals surface area (Å²) in [6, 6.07) is 0. The van der Waals surface area contributed by atoms with E-state index in [1.54, 1.807) is 5.57 Å². The molecule has 0 heterocycles. The zero-order valence-corrected chi connectivity index (χ0v) is 11.9. The van der Waals surface area contributed by atoms with E-state index in [0.29, 0.717) is 10.8 Å². The molecule has 2 bridgehead atoms. The molecule has 0 saturated heterocycles. The molecule has 1 nitrogen and oxygen atoms in total. The van der Waals surface area contributed by atoms with Gasteiger partial charge < -0.3 is 5.11 Å². The van der Waals surface area contributed by atoms with E-state index in [1.165, 1.54) is 25.7 Å². The van der Waals surface area contributed by atoms with Gasteiger partial charge in [0.25, 0.3) is 0 Å². The zero-order chi connectivity index (χ0) is 12.7. The molecule has 2 aliphatic carbocycles. The van der Waals surface area contributed by atoms with Crippen LogP contribution < -0.4 is 0 Å². The highest BCUT2D eigenvalue weighted by molar-refractivity contribution is 5.30. The van der Waals surface area contributed by atoms with Crippen LogP contribution in [0.3, 0.4) is 0 Å². The third-order valence-electron chi connectivity index (χ3n) is 5.86. The first kappa shape index (κ1) is 13.1. The summed E-state index contributed by atoms with van der Waals surface area (Å²) >= 11 is 0. The van der Waals surface area contributed by atoms with Gasteiger partial charge in [0.2, 0.25) is 0 Å². The Hall–Kier alpha value is -0.300. The van der Waals surface area contributed by atoms with E-state index in [-0.39, 0.29) is 6.10 Å². The van der Waals surface area contributed by atoms with Gasteiger partial charge in [0.1, 0.15) is 0 Å². The highest BCUT2D eigenvalue weighted by Crippen LogP contribution is 2.67. The summed E-state index contributed by atoms with van der Waals surface area (Å²) in [5.74, 6) is 0.845. The monoisotopic (exact) mass is 236 g/mol. The summed E-state index contributed by atoms with van der Waals surface area (Å²) in [6.45, 7) is 9.44. The third-order valence-corrected chi connectivity index (χ3v) is 5.86. The second kappa shape index (κ2) is 4.42. The van der Waals surface area contributed by atoms with Gasteiger partial charge in [-0.15, -0.1) is 0 Å². The quantitative estimate of drug-likeness (QED) is 0.721. The van der Waals surface area contributed by atoms with Crippen LogP contribution in [0.15, 0.2) is 11.6 Å². The standard InChI is InChI=1S/C16H28O/c1-5-6-7-14(17)11-13-10-12-8-9-16(13,4)15(12,2)3/h11-12,14,17H,5-10H2,1-4H3/b13-11+/t12-,14+,16-/m0/s1. The van der Waals surface area contributed by atoms with Gasteiger partial charge in [0.15, 0.2) is 0 Å². The topological polar surface area (TPSA) is 20.2 Å². The number of hydrogen-bond acceptors (Lipinski definition) is 1. The number of allylic oxidation sites excluding steroid dienone is 1. The van der Waals surface area contributed by atoms with Crippen LogP contribution >= 0.6 is 0 Å². The van der Waals surface area contributed by atoms with Crippen molar-refractivity contribution in [2.75, 3.05) is 0 Å². The highest BCUT2D eigenvalue weighted by Gasteiger charge is 2.58. The Balaban J connectivity index is 2.12. The van der Waals surface area contributed by atoms with Crippen molar-refractivity contribution >= 4 is 0 Å². The van der Waals surface area contributed by atoms with Crippen LogP contribution in [0.25, 0.3) is 0 Å². The van der Waals surface area contributed by atoms with Crippen LogP contribution in [0, 0.1) is 16.7 Å². The number of fused-ring (bicyclic) bond motifs is 2. The van der Waals surface area contributed by atoms with Crippen LogP contribution in [0.4, 0.5) is 0 Å². The maximum absolute atomic E-state index is 10.1. The van der Waals surface area contributed by atoms with Crippen molar-refractivity contribution in [3.05, 3.63) is 11.6 Å². The molecule has 1 N–H and O–H groups in total. The molecule has 2 fully saturated rings. The van der Waals surface area contributed by atoms with Crippen LogP contribution in [0.2, 0.25) is 0 Å². The molecule has 3 atom stereocenters. The van der Waals surface area contributed by atoms with Gasteiger partial charge in [-0.1, -0.05) is 52.2 Å². The average Bonchev–Trinajstić information content (AvgIpc) is 2.59. The second-order valence-corrected chi connectivity index (χ2v) is 6.89. The van der Waals surface area contributed by atoms with Crippen LogP contribution in [0.1, 0.15) is 66.2 Å². The lowest BCUT2D eigenvalue weighted by atomic mass is 9.69. The van der Waals surface area contributed by atoms with E-state index < -0.39 is 0 Å². The lowest BCUT2D eigenvalue weighted by Gasteiger charge is -2.36. The predicted molar refractivity (Wildman–Crippen MR) is 72.8 cm³/mol. The van der Waals surface area contributed by atoms with Crippen molar-refractivity contribution in [1.82, 2.24) is 0 Å². The molecule has 0 spiro atoms. The van der Waals surface area contributed by atoms with E-state index >= 15 is 0 Å². The number of rotatable bonds is 4. The summed E-state index contributed by atoms with van der Waals surface area (Å²) < 4.78 is 0. The van der Waals surface area contributed by atoms with Crippen molar-refractivity contribution in [2.24, 2.45) is 16.7 Å². The molecule has 0 aliphatic heterocycles. The van der Waals surface area contributed by atoms with Crippen molar-refractivity contribution in [3.63, 3.8) is 0 Å². The lowest BCUT2D eigenvalue weighted by molar-refractivity contribution is 0.173. The molecule has 0 amide bonds. The molecule has 1 heteroatoms. The Morgan fingerprint density at radius 3 is 2.59 bits per heavy atom. The molecule has 98 valence electrons. The van der Waals surface area contributed by atoms with Gasteiger partial charge in [0, 0.05) is 0 Å². The number of aliphatic hydroxyl groups excluding tert-OH is 1. The number of aliphatic hydroxyl groups is 1. The molecule has 2 rings (SSSR count). The van der Waals surface area contributed by atoms with Crippen molar-refractivity contribution < 1.29 is 5.11 Å². The summed E-state index contributed by atoms with van der Waals surface area (Å²) in [4.78, 5) is 0. The molecule has 0 radical (unpaired) electrons. The van der Waals surface area contributed by atoms with Gasteiger partial charge >= 0.3 is 0 Å². The summed E-state index contributed by atoms with van der Waals surface area (Å²) in [7, 11) is 0. The molecule has 0 unspecified atom stereocenters. The van der Waals surface area contributed by atoms with Gasteiger partial charge in [-0.2, -0.15) is 0 Å². The molecule has 17 heavy (non-hydrogen) atoms. The number of hydrogen-bond donors (Lipinski definition) is 1. The van der Waals surface area contributed by atoms with E-state index in [2.05, 4.69) is 33.8 Å². The minimum Gasteiger partial charge on any atom is -0.389 e. The largest absolute Gasteiger partial charge is 0.389 e. The first-order chi connectivity index (χ1) is 7.91. The average molecular weight is 236 g/mol. The zero-order valence-electron chi connectivity index (χ0n) is 11.9.